The highest BCUT2D eigenvalue weighted by Gasteiger charge is 2.27. The molecule has 1 aromatic heterocycles. The third-order valence-electron chi connectivity index (χ3n) is 1.71. The van der Waals surface area contributed by atoms with Crippen LogP contribution < -0.4 is 11.1 Å². The maximum atomic E-state index is 11.8. The van der Waals surface area contributed by atoms with E-state index in [0.29, 0.717) is 11.4 Å². The fourth-order valence-corrected chi connectivity index (χ4v) is 1.58. The highest BCUT2D eigenvalue weighted by Crippen LogP contribution is 2.29. The van der Waals surface area contributed by atoms with Gasteiger partial charge < -0.3 is 11.1 Å². The molecule has 0 fully saturated rings. The number of alkyl halides is 3. The van der Waals surface area contributed by atoms with Gasteiger partial charge in [0.1, 0.15) is 4.99 Å². The number of aromatic nitrogens is 1. The molecule has 0 amide bonds. The lowest BCUT2D eigenvalue weighted by Crippen LogP contribution is -2.13. The predicted octanol–water partition coefficient (Wildman–Crippen LogP) is 2.38. The monoisotopic (exact) mass is 281 g/mol. The van der Waals surface area contributed by atoms with Crippen molar-refractivity contribution in [3.05, 3.63) is 24.0 Å². The van der Waals surface area contributed by atoms with E-state index < -0.39 is 5.51 Å². The molecule has 0 saturated heterocycles. The largest absolute Gasteiger partial charge is 0.441 e. The second kappa shape index (κ2) is 6.06. The number of halogens is 3. The molecule has 0 unspecified atom stereocenters. The van der Waals surface area contributed by atoms with E-state index in [9.17, 15) is 13.2 Å². The van der Waals surface area contributed by atoms with Gasteiger partial charge in [-0.1, -0.05) is 12.2 Å². The van der Waals surface area contributed by atoms with Gasteiger partial charge in [-0.15, -0.1) is 0 Å². The van der Waals surface area contributed by atoms with Crippen molar-refractivity contribution in [3.8, 4) is 0 Å². The van der Waals surface area contributed by atoms with Gasteiger partial charge in [-0.25, -0.2) is 0 Å². The van der Waals surface area contributed by atoms with E-state index in [1.165, 1.54) is 6.20 Å². The van der Waals surface area contributed by atoms with Crippen LogP contribution >= 0.6 is 24.0 Å². The van der Waals surface area contributed by atoms with Gasteiger partial charge in [0.2, 0.25) is 0 Å². The Morgan fingerprint density at radius 3 is 2.82 bits per heavy atom. The molecule has 0 aromatic carbocycles. The highest BCUT2D eigenvalue weighted by molar-refractivity contribution is 8.00. The zero-order chi connectivity index (χ0) is 12.9. The molecule has 3 N–H and O–H groups in total. The number of thioether (sulfide) groups is 1. The van der Waals surface area contributed by atoms with Crippen molar-refractivity contribution >= 4 is 34.7 Å². The smallest absolute Gasteiger partial charge is 0.388 e. The molecule has 1 aromatic rings. The molecule has 0 atom stereocenters. The van der Waals surface area contributed by atoms with Crippen LogP contribution in [0.4, 0.5) is 18.9 Å². The van der Waals surface area contributed by atoms with Gasteiger partial charge in [0, 0.05) is 24.2 Å². The minimum Gasteiger partial charge on any atom is -0.388 e. The first-order valence-corrected chi connectivity index (χ1v) is 5.98. The fourth-order valence-electron chi connectivity index (χ4n) is 1.04. The van der Waals surface area contributed by atoms with Crippen molar-refractivity contribution in [1.29, 1.82) is 0 Å². The van der Waals surface area contributed by atoms with E-state index in [0.717, 1.165) is 0 Å². The van der Waals surface area contributed by atoms with E-state index in [-0.39, 0.29) is 29.0 Å². The third-order valence-corrected chi connectivity index (χ3v) is 2.65. The van der Waals surface area contributed by atoms with Crippen LogP contribution in [0.1, 0.15) is 5.69 Å². The maximum Gasteiger partial charge on any atom is 0.441 e. The number of pyridine rings is 1. The molecule has 3 nitrogen and oxygen atoms in total. The van der Waals surface area contributed by atoms with Gasteiger partial charge in [0.25, 0.3) is 0 Å². The molecule has 94 valence electrons. The summed E-state index contributed by atoms with van der Waals surface area (Å²) in [5.41, 5.74) is 2.27. The molecule has 1 rings (SSSR count). The van der Waals surface area contributed by atoms with Crippen LogP contribution in [0, 0.1) is 0 Å². The summed E-state index contributed by atoms with van der Waals surface area (Å²) in [6, 6.07) is 3.24. The van der Waals surface area contributed by atoms with Crippen molar-refractivity contribution < 1.29 is 13.2 Å². The summed E-state index contributed by atoms with van der Waals surface area (Å²) in [4.78, 5) is 4.07. The van der Waals surface area contributed by atoms with Gasteiger partial charge >= 0.3 is 5.51 Å². The Hall–Kier alpha value is -1.02. The standard InChI is InChI=1S/C9H10F3N3S2/c10-9(11,12)17-4-3-14-6-1-2-15-7(5-6)8(13)16/h1-2,5H,3-4H2,(H2,13,16)(H,14,15). The van der Waals surface area contributed by atoms with Crippen molar-refractivity contribution in [2.45, 2.75) is 5.51 Å². The molecule has 0 radical (unpaired) electrons. The molecule has 1 heterocycles. The van der Waals surface area contributed by atoms with E-state index in [1.54, 1.807) is 12.1 Å². The second-order valence-electron chi connectivity index (χ2n) is 3.01. The van der Waals surface area contributed by atoms with Crippen LogP contribution in [-0.4, -0.2) is 27.8 Å². The number of nitrogens with zero attached hydrogens (tertiary/aromatic N) is 1. The molecule has 0 spiro atoms. The van der Waals surface area contributed by atoms with Crippen molar-refractivity contribution in [3.63, 3.8) is 0 Å². The molecule has 0 saturated carbocycles. The van der Waals surface area contributed by atoms with Crippen molar-refractivity contribution in [1.82, 2.24) is 4.98 Å². The van der Waals surface area contributed by atoms with Crippen LogP contribution in [0.25, 0.3) is 0 Å². The zero-order valence-electron chi connectivity index (χ0n) is 8.62. The predicted molar refractivity (Wildman–Crippen MR) is 67.1 cm³/mol. The van der Waals surface area contributed by atoms with Crippen molar-refractivity contribution in [2.24, 2.45) is 5.73 Å². The summed E-state index contributed by atoms with van der Waals surface area (Å²) in [6.07, 6.45) is 1.49. The average molecular weight is 281 g/mol. The Balaban J connectivity index is 2.42. The summed E-state index contributed by atoms with van der Waals surface area (Å²) < 4.78 is 35.5. The first kappa shape index (κ1) is 14.0. The summed E-state index contributed by atoms with van der Waals surface area (Å²) in [5, 5.41) is 2.84. The molecule has 17 heavy (non-hydrogen) atoms. The molecule has 8 heteroatoms. The fraction of sp³-hybridized carbons (Fsp3) is 0.333. The first-order valence-electron chi connectivity index (χ1n) is 4.59. The Morgan fingerprint density at radius 2 is 2.24 bits per heavy atom. The van der Waals surface area contributed by atoms with E-state index in [1.807, 2.05) is 0 Å². The third kappa shape index (κ3) is 5.73. The summed E-state index contributed by atoms with van der Waals surface area (Å²) >= 11 is 4.68. The summed E-state index contributed by atoms with van der Waals surface area (Å²) in [5.74, 6) is -0.0613. The van der Waals surface area contributed by atoms with Gasteiger partial charge in [-0.3, -0.25) is 4.98 Å². The second-order valence-corrected chi connectivity index (χ2v) is 4.61. The SMILES string of the molecule is NC(=S)c1cc(NCCSC(F)(F)F)ccn1. The minimum atomic E-state index is -4.19. The summed E-state index contributed by atoms with van der Waals surface area (Å²) in [6.45, 7) is 0.199. The minimum absolute atomic E-state index is 0.0613. The molecule has 0 bridgehead atoms. The topological polar surface area (TPSA) is 50.9 Å². The number of rotatable bonds is 5. The molecular weight excluding hydrogens is 271 g/mol. The Kier molecular flexibility index (Phi) is 5.01. The van der Waals surface area contributed by atoms with Gasteiger partial charge in [0.05, 0.1) is 5.69 Å². The van der Waals surface area contributed by atoms with Crippen LogP contribution in [0.15, 0.2) is 18.3 Å². The normalized spacial score (nSPS) is 11.2. The van der Waals surface area contributed by atoms with Gasteiger partial charge in [-0.05, 0) is 23.9 Å². The lowest BCUT2D eigenvalue weighted by atomic mass is 10.3. The number of hydrogen-bond acceptors (Lipinski definition) is 4. The summed E-state index contributed by atoms with van der Waals surface area (Å²) in [7, 11) is 0. The average Bonchev–Trinajstić information content (AvgIpc) is 2.23. The van der Waals surface area contributed by atoms with Crippen LogP contribution in [0.3, 0.4) is 0 Å². The Morgan fingerprint density at radius 1 is 1.53 bits per heavy atom. The zero-order valence-corrected chi connectivity index (χ0v) is 10.3. The van der Waals surface area contributed by atoms with Crippen LogP contribution in [0.5, 0.6) is 0 Å². The molecule has 0 aliphatic rings. The quantitative estimate of drug-likeness (QED) is 0.641. The number of nitrogens with two attached hydrogens (primary N) is 1. The lowest BCUT2D eigenvalue weighted by molar-refractivity contribution is -0.0327. The lowest BCUT2D eigenvalue weighted by Gasteiger charge is -2.08. The number of thiocarbonyl (C=S) groups is 1. The van der Waals surface area contributed by atoms with E-state index >= 15 is 0 Å². The number of nitrogens with one attached hydrogen (secondary N) is 1. The first-order chi connectivity index (χ1) is 7.88. The van der Waals surface area contributed by atoms with E-state index in [4.69, 9.17) is 18.0 Å². The maximum absolute atomic E-state index is 11.8. The number of anilines is 1. The molecule has 0 aliphatic heterocycles. The Bertz CT molecular complexity index is 395. The van der Waals surface area contributed by atoms with Crippen LogP contribution in [-0.2, 0) is 0 Å². The van der Waals surface area contributed by atoms with E-state index in [2.05, 4.69) is 10.3 Å². The van der Waals surface area contributed by atoms with Crippen molar-refractivity contribution in [2.75, 3.05) is 17.6 Å². The number of hydrogen-bond donors (Lipinski definition) is 2. The van der Waals surface area contributed by atoms with Crippen LogP contribution in [0.2, 0.25) is 0 Å². The molecule has 0 aliphatic carbocycles. The highest BCUT2D eigenvalue weighted by atomic mass is 32.2. The Labute approximate surface area is 106 Å². The van der Waals surface area contributed by atoms with Gasteiger partial charge in [-0.2, -0.15) is 13.2 Å². The van der Waals surface area contributed by atoms with Gasteiger partial charge in [0.15, 0.2) is 0 Å². The molecular formula is C9H10F3N3S2.